The Morgan fingerprint density at radius 1 is 1.30 bits per heavy atom. The van der Waals surface area contributed by atoms with E-state index < -0.39 is 11.1 Å². The Morgan fingerprint density at radius 3 is 2.55 bits per heavy atom. The summed E-state index contributed by atoms with van der Waals surface area (Å²) in [6.45, 7) is 7.91. The molecular weight excluding hydrogens is 272 g/mol. The number of amides is 2. The molecule has 1 fully saturated rings. The molecule has 1 N–H and O–H groups in total. The maximum absolute atomic E-state index is 12.6. The summed E-state index contributed by atoms with van der Waals surface area (Å²) >= 11 is 1.65. The van der Waals surface area contributed by atoms with Crippen molar-refractivity contribution in [3.05, 3.63) is 22.4 Å². The van der Waals surface area contributed by atoms with Crippen molar-refractivity contribution in [3.63, 3.8) is 0 Å². The molecule has 0 saturated carbocycles. The number of piperazine rings is 1. The van der Waals surface area contributed by atoms with Gasteiger partial charge < -0.3 is 10.2 Å². The summed E-state index contributed by atoms with van der Waals surface area (Å²) < 4.78 is 0. The van der Waals surface area contributed by atoms with Crippen LogP contribution in [0.15, 0.2) is 16.8 Å². The number of thiophene rings is 1. The normalized spacial score (nSPS) is 25.7. The van der Waals surface area contributed by atoms with Crippen molar-refractivity contribution in [2.75, 3.05) is 6.54 Å². The van der Waals surface area contributed by atoms with Crippen molar-refractivity contribution in [2.45, 2.75) is 51.6 Å². The average Bonchev–Trinajstić information content (AvgIpc) is 2.89. The number of nitrogens with one attached hydrogen (secondary N) is 1. The fourth-order valence-electron chi connectivity index (χ4n) is 2.53. The summed E-state index contributed by atoms with van der Waals surface area (Å²) in [6, 6.07) is 2.06. The molecule has 2 rings (SSSR count). The second-order valence-electron chi connectivity index (χ2n) is 6.04. The van der Waals surface area contributed by atoms with Gasteiger partial charge in [0.1, 0.15) is 11.1 Å². The van der Waals surface area contributed by atoms with E-state index in [0.29, 0.717) is 13.0 Å². The minimum Gasteiger partial charge on any atom is -0.340 e. The van der Waals surface area contributed by atoms with Crippen molar-refractivity contribution in [1.29, 1.82) is 0 Å². The zero-order valence-electron chi connectivity index (χ0n) is 12.5. The van der Waals surface area contributed by atoms with Crippen LogP contribution in [-0.4, -0.2) is 34.3 Å². The van der Waals surface area contributed by atoms with Crippen LogP contribution in [0.25, 0.3) is 0 Å². The number of hydrogen-bond donors (Lipinski definition) is 1. The van der Waals surface area contributed by atoms with Crippen LogP contribution < -0.4 is 5.32 Å². The second-order valence-corrected chi connectivity index (χ2v) is 6.82. The molecular formula is C15H22N2O2S. The Balaban J connectivity index is 2.23. The van der Waals surface area contributed by atoms with Crippen molar-refractivity contribution in [1.82, 2.24) is 10.2 Å². The lowest BCUT2D eigenvalue weighted by molar-refractivity contribution is -0.160. The highest BCUT2D eigenvalue weighted by Crippen LogP contribution is 2.29. The van der Waals surface area contributed by atoms with Crippen molar-refractivity contribution < 1.29 is 9.59 Å². The average molecular weight is 294 g/mol. The van der Waals surface area contributed by atoms with Gasteiger partial charge in [-0.3, -0.25) is 9.59 Å². The largest absolute Gasteiger partial charge is 0.340 e. The van der Waals surface area contributed by atoms with Crippen molar-refractivity contribution in [2.24, 2.45) is 0 Å². The van der Waals surface area contributed by atoms with Crippen LogP contribution in [-0.2, 0) is 16.0 Å². The van der Waals surface area contributed by atoms with Gasteiger partial charge in [-0.2, -0.15) is 11.3 Å². The van der Waals surface area contributed by atoms with E-state index in [1.54, 1.807) is 30.1 Å². The summed E-state index contributed by atoms with van der Waals surface area (Å²) in [6.07, 6.45) is 1.40. The van der Waals surface area contributed by atoms with E-state index in [4.69, 9.17) is 0 Å². The third-order valence-corrected chi connectivity index (χ3v) is 4.92. The zero-order valence-corrected chi connectivity index (χ0v) is 13.3. The summed E-state index contributed by atoms with van der Waals surface area (Å²) in [5.74, 6) is -0.0633. The van der Waals surface area contributed by atoms with Gasteiger partial charge in [0, 0.05) is 6.54 Å². The van der Waals surface area contributed by atoms with Crippen LogP contribution in [0.2, 0.25) is 0 Å². The molecule has 1 saturated heterocycles. The van der Waals surface area contributed by atoms with E-state index in [1.807, 2.05) is 19.2 Å². The van der Waals surface area contributed by atoms with Gasteiger partial charge in [0.25, 0.3) is 0 Å². The van der Waals surface area contributed by atoms with Crippen LogP contribution in [0, 0.1) is 0 Å². The minimum absolute atomic E-state index is 0.00307. The van der Waals surface area contributed by atoms with Gasteiger partial charge in [0.15, 0.2) is 0 Å². The zero-order chi connectivity index (χ0) is 15.0. The van der Waals surface area contributed by atoms with Crippen molar-refractivity contribution >= 4 is 23.2 Å². The standard InChI is InChI=1S/C15H22N2O2S/c1-5-15(4)12(18)16-14(2,3)13(19)17(15)8-6-11-7-9-20-10-11/h7,9-10H,5-6,8H2,1-4H3,(H,16,18). The summed E-state index contributed by atoms with van der Waals surface area (Å²) in [5, 5.41) is 6.96. The minimum atomic E-state index is -0.819. The summed E-state index contributed by atoms with van der Waals surface area (Å²) in [5.41, 5.74) is -0.353. The number of hydrogen-bond acceptors (Lipinski definition) is 3. The molecule has 0 aliphatic carbocycles. The molecule has 20 heavy (non-hydrogen) atoms. The fourth-order valence-corrected chi connectivity index (χ4v) is 3.23. The summed E-state index contributed by atoms with van der Waals surface area (Å²) in [4.78, 5) is 26.8. The Labute approximate surface area is 124 Å². The van der Waals surface area contributed by atoms with Gasteiger partial charge in [-0.25, -0.2) is 0 Å². The first-order valence-corrected chi connectivity index (χ1v) is 7.91. The molecule has 4 nitrogen and oxygen atoms in total. The van der Waals surface area contributed by atoms with Crippen LogP contribution >= 0.6 is 11.3 Å². The molecule has 1 aromatic heterocycles. The van der Waals surface area contributed by atoms with E-state index in [9.17, 15) is 9.59 Å². The number of rotatable bonds is 4. The lowest BCUT2D eigenvalue weighted by atomic mass is 9.86. The molecule has 1 atom stereocenters. The molecule has 1 aromatic rings. The van der Waals surface area contributed by atoms with Crippen molar-refractivity contribution in [3.8, 4) is 0 Å². The van der Waals surface area contributed by atoms with E-state index >= 15 is 0 Å². The highest BCUT2D eigenvalue weighted by molar-refractivity contribution is 7.07. The van der Waals surface area contributed by atoms with Crippen LogP contribution in [0.5, 0.6) is 0 Å². The van der Waals surface area contributed by atoms with Gasteiger partial charge in [-0.15, -0.1) is 0 Å². The van der Waals surface area contributed by atoms with Crippen LogP contribution in [0.4, 0.5) is 0 Å². The molecule has 0 bridgehead atoms. The predicted molar refractivity (Wildman–Crippen MR) is 80.7 cm³/mol. The molecule has 1 aliphatic heterocycles. The van der Waals surface area contributed by atoms with E-state index in [0.717, 1.165) is 6.42 Å². The van der Waals surface area contributed by atoms with E-state index in [1.165, 1.54) is 5.56 Å². The lowest BCUT2D eigenvalue weighted by Crippen LogP contribution is -2.73. The number of nitrogens with zero attached hydrogens (tertiary/aromatic N) is 1. The second kappa shape index (κ2) is 5.20. The SMILES string of the molecule is CCC1(C)C(=O)NC(C)(C)C(=O)N1CCc1ccsc1. The van der Waals surface area contributed by atoms with E-state index in [-0.39, 0.29) is 11.8 Å². The third-order valence-electron chi connectivity index (χ3n) is 4.18. The first kappa shape index (κ1) is 15.0. The molecule has 110 valence electrons. The number of carbonyl (C=O) groups is 2. The van der Waals surface area contributed by atoms with Crippen LogP contribution in [0.3, 0.4) is 0 Å². The maximum Gasteiger partial charge on any atom is 0.248 e. The molecule has 0 aromatic carbocycles. The monoisotopic (exact) mass is 294 g/mol. The van der Waals surface area contributed by atoms with Gasteiger partial charge >= 0.3 is 0 Å². The molecule has 1 unspecified atom stereocenters. The first-order valence-electron chi connectivity index (χ1n) is 6.97. The Kier molecular flexibility index (Phi) is 3.91. The van der Waals surface area contributed by atoms with Crippen LogP contribution in [0.1, 0.15) is 39.7 Å². The fraction of sp³-hybridized carbons (Fsp3) is 0.600. The Morgan fingerprint density at radius 2 is 2.00 bits per heavy atom. The number of carbonyl (C=O) groups excluding carboxylic acids is 2. The molecule has 0 spiro atoms. The molecule has 0 radical (unpaired) electrons. The first-order chi connectivity index (χ1) is 9.31. The molecule has 2 heterocycles. The van der Waals surface area contributed by atoms with E-state index in [2.05, 4.69) is 16.8 Å². The summed E-state index contributed by atoms with van der Waals surface area (Å²) in [7, 11) is 0. The van der Waals surface area contributed by atoms with Gasteiger partial charge in [-0.1, -0.05) is 6.92 Å². The Bertz CT molecular complexity index is 510. The topological polar surface area (TPSA) is 49.4 Å². The Hall–Kier alpha value is -1.36. The molecule has 5 heteroatoms. The third kappa shape index (κ3) is 2.46. The smallest absolute Gasteiger partial charge is 0.248 e. The lowest BCUT2D eigenvalue weighted by Gasteiger charge is -2.49. The van der Waals surface area contributed by atoms with Gasteiger partial charge in [-0.05, 0) is 56.0 Å². The van der Waals surface area contributed by atoms with Gasteiger partial charge in [0.05, 0.1) is 0 Å². The maximum atomic E-state index is 12.6. The predicted octanol–water partition coefficient (Wildman–Crippen LogP) is 2.20. The highest BCUT2D eigenvalue weighted by Gasteiger charge is 2.51. The van der Waals surface area contributed by atoms with Gasteiger partial charge in [0.2, 0.25) is 11.8 Å². The highest BCUT2D eigenvalue weighted by atomic mass is 32.1. The molecule has 1 aliphatic rings. The quantitative estimate of drug-likeness (QED) is 0.925. The molecule has 2 amide bonds.